The van der Waals surface area contributed by atoms with Crippen LogP contribution in [0.1, 0.15) is 23.1 Å². The number of aromatic amines is 1. The van der Waals surface area contributed by atoms with Crippen LogP contribution in [0.4, 0.5) is 0 Å². The largest absolute Gasteiger partial charge is 0.465 e. The van der Waals surface area contributed by atoms with Gasteiger partial charge in [0.15, 0.2) is 0 Å². The van der Waals surface area contributed by atoms with E-state index < -0.39 is 11.9 Å². The lowest BCUT2D eigenvalue weighted by Gasteiger charge is -2.14. The lowest BCUT2D eigenvalue weighted by Crippen LogP contribution is -2.13. The molecule has 6 nitrogen and oxygen atoms in total. The van der Waals surface area contributed by atoms with Crippen molar-refractivity contribution in [3.8, 4) is 0 Å². The summed E-state index contributed by atoms with van der Waals surface area (Å²) in [6.45, 7) is 0.864. The third-order valence-electron chi connectivity index (χ3n) is 5.98. The molecule has 1 N–H and O–H groups in total. The number of hydrogen-bond acceptors (Lipinski definition) is 4. The van der Waals surface area contributed by atoms with Crippen LogP contribution >= 0.6 is 0 Å². The molecule has 0 atom stereocenters. The van der Waals surface area contributed by atoms with E-state index in [0.717, 1.165) is 41.2 Å². The van der Waals surface area contributed by atoms with Crippen LogP contribution in [-0.4, -0.2) is 35.7 Å². The molecule has 0 unspecified atom stereocenters. The van der Waals surface area contributed by atoms with E-state index in [0.29, 0.717) is 11.1 Å². The molecule has 0 fully saturated rings. The number of aryl methyl sites for hydroxylation is 2. The monoisotopic (exact) mass is 414 g/mol. The van der Waals surface area contributed by atoms with Gasteiger partial charge >= 0.3 is 11.9 Å². The summed E-state index contributed by atoms with van der Waals surface area (Å²) in [5.74, 6) is -1.16. The van der Waals surface area contributed by atoms with Gasteiger partial charge in [0.05, 0.1) is 30.9 Å². The predicted molar refractivity (Wildman–Crippen MR) is 119 cm³/mol. The maximum Gasteiger partial charge on any atom is 0.339 e. The summed E-state index contributed by atoms with van der Waals surface area (Å²) >= 11 is 0. The highest BCUT2D eigenvalue weighted by atomic mass is 16.5. The van der Waals surface area contributed by atoms with Crippen LogP contribution in [-0.2, 0) is 32.0 Å². The molecular formula is C25H22N2O4. The standard InChI is InChI=1S/C25H22N2O4/c1-30-24(28)21(18-13-26-20-11-4-3-9-16(18)20)22(25(29)31-2)19-14-27-12-6-8-15-7-5-10-17(19)23(15)27/h3-5,7,9-11,13-14,26H,6,8,12H2,1-2H3. The van der Waals surface area contributed by atoms with Gasteiger partial charge in [-0.2, -0.15) is 0 Å². The third-order valence-corrected chi connectivity index (χ3v) is 5.98. The molecule has 0 saturated heterocycles. The molecule has 0 aliphatic carbocycles. The van der Waals surface area contributed by atoms with Gasteiger partial charge in [-0.25, -0.2) is 9.59 Å². The molecule has 0 spiro atoms. The van der Waals surface area contributed by atoms with Gasteiger partial charge in [-0.3, -0.25) is 0 Å². The Morgan fingerprint density at radius 1 is 0.903 bits per heavy atom. The number of benzene rings is 2. The van der Waals surface area contributed by atoms with E-state index in [1.165, 1.54) is 19.8 Å². The maximum absolute atomic E-state index is 13.1. The van der Waals surface area contributed by atoms with E-state index in [1.807, 2.05) is 42.6 Å². The molecule has 2 aromatic heterocycles. The fraction of sp³-hybridized carbons (Fsp3) is 0.200. The number of carbonyl (C=O) groups is 2. The predicted octanol–water partition coefficient (Wildman–Crippen LogP) is 4.33. The quantitative estimate of drug-likeness (QED) is 0.399. The Labute approximate surface area is 179 Å². The second-order valence-corrected chi connectivity index (χ2v) is 7.63. The first kappa shape index (κ1) is 19.2. The molecular weight excluding hydrogens is 392 g/mol. The minimum Gasteiger partial charge on any atom is -0.465 e. The molecule has 1 aliphatic heterocycles. The van der Waals surface area contributed by atoms with Crippen LogP contribution in [0, 0.1) is 0 Å². The number of para-hydroxylation sites is 2. The number of H-pyrrole nitrogens is 1. The number of esters is 2. The zero-order valence-electron chi connectivity index (χ0n) is 17.4. The molecule has 4 aromatic rings. The first-order chi connectivity index (χ1) is 15.1. The Morgan fingerprint density at radius 3 is 2.39 bits per heavy atom. The van der Waals surface area contributed by atoms with E-state index in [9.17, 15) is 9.59 Å². The first-order valence-electron chi connectivity index (χ1n) is 10.2. The number of aromatic nitrogens is 2. The number of hydrogen-bond donors (Lipinski definition) is 1. The Kier molecular flexibility index (Phi) is 4.62. The number of rotatable bonds is 4. The molecule has 0 radical (unpaired) electrons. The summed E-state index contributed by atoms with van der Waals surface area (Å²) < 4.78 is 12.5. The van der Waals surface area contributed by atoms with Crippen LogP contribution < -0.4 is 0 Å². The number of methoxy groups -OCH3 is 2. The van der Waals surface area contributed by atoms with Crippen molar-refractivity contribution in [3.05, 3.63) is 71.5 Å². The fourth-order valence-electron chi connectivity index (χ4n) is 4.63. The van der Waals surface area contributed by atoms with Crippen LogP contribution in [0.25, 0.3) is 33.0 Å². The van der Waals surface area contributed by atoms with Gasteiger partial charge in [0.2, 0.25) is 0 Å². The van der Waals surface area contributed by atoms with E-state index in [2.05, 4.69) is 15.6 Å². The summed E-state index contributed by atoms with van der Waals surface area (Å²) in [7, 11) is 2.65. The Morgan fingerprint density at radius 2 is 1.61 bits per heavy atom. The molecule has 0 amide bonds. The zero-order chi connectivity index (χ0) is 21.5. The summed E-state index contributed by atoms with van der Waals surface area (Å²) in [4.78, 5) is 29.4. The first-order valence-corrected chi connectivity index (χ1v) is 10.2. The Balaban J connectivity index is 1.89. The second kappa shape index (κ2) is 7.47. The van der Waals surface area contributed by atoms with Gasteiger partial charge < -0.3 is 19.0 Å². The summed E-state index contributed by atoms with van der Waals surface area (Å²) in [6, 6.07) is 13.7. The second-order valence-electron chi connectivity index (χ2n) is 7.63. The van der Waals surface area contributed by atoms with Gasteiger partial charge in [0.25, 0.3) is 0 Å². The molecule has 2 aromatic carbocycles. The SMILES string of the molecule is COC(=O)C(=C(C(=O)OC)c1cn2c3c(cccc13)CCC2)c1c[nH]c2ccccc12. The van der Waals surface area contributed by atoms with Crippen LogP contribution in [0.3, 0.4) is 0 Å². The van der Waals surface area contributed by atoms with Gasteiger partial charge in [-0.15, -0.1) is 0 Å². The fourth-order valence-corrected chi connectivity index (χ4v) is 4.63. The summed E-state index contributed by atoms with van der Waals surface area (Å²) in [6.07, 6.45) is 5.72. The number of carbonyl (C=O) groups excluding carboxylic acids is 2. The minimum absolute atomic E-state index is 0.190. The smallest absolute Gasteiger partial charge is 0.339 e. The van der Waals surface area contributed by atoms with E-state index in [1.54, 1.807) is 6.20 Å². The number of fused-ring (bicyclic) bond motifs is 1. The van der Waals surface area contributed by atoms with Crippen molar-refractivity contribution in [2.75, 3.05) is 14.2 Å². The molecule has 0 saturated carbocycles. The molecule has 0 bridgehead atoms. The third kappa shape index (κ3) is 2.94. The van der Waals surface area contributed by atoms with Crippen molar-refractivity contribution in [3.63, 3.8) is 0 Å². The van der Waals surface area contributed by atoms with E-state index in [-0.39, 0.29) is 11.1 Å². The van der Waals surface area contributed by atoms with Crippen molar-refractivity contribution in [1.29, 1.82) is 0 Å². The van der Waals surface area contributed by atoms with Gasteiger partial charge in [0.1, 0.15) is 0 Å². The summed E-state index contributed by atoms with van der Waals surface area (Å²) in [5, 5.41) is 1.76. The lowest BCUT2D eigenvalue weighted by atomic mass is 9.93. The van der Waals surface area contributed by atoms with Crippen molar-refractivity contribution in [2.45, 2.75) is 19.4 Å². The topological polar surface area (TPSA) is 73.3 Å². The van der Waals surface area contributed by atoms with Crippen LogP contribution in [0.5, 0.6) is 0 Å². The highest BCUT2D eigenvalue weighted by Gasteiger charge is 2.30. The molecule has 1 aliphatic rings. The molecule has 3 heterocycles. The Bertz CT molecular complexity index is 1370. The number of nitrogens with one attached hydrogen (secondary N) is 1. The van der Waals surface area contributed by atoms with Crippen molar-refractivity contribution >= 4 is 44.9 Å². The van der Waals surface area contributed by atoms with Crippen molar-refractivity contribution in [1.82, 2.24) is 9.55 Å². The van der Waals surface area contributed by atoms with Crippen LogP contribution in [0.15, 0.2) is 54.9 Å². The zero-order valence-corrected chi connectivity index (χ0v) is 17.4. The molecule has 156 valence electrons. The normalized spacial score (nSPS) is 13.9. The molecule has 6 heteroatoms. The van der Waals surface area contributed by atoms with Gasteiger partial charge in [-0.1, -0.05) is 36.4 Å². The van der Waals surface area contributed by atoms with Crippen molar-refractivity contribution in [2.24, 2.45) is 0 Å². The Hall–Kier alpha value is -3.80. The summed E-state index contributed by atoms with van der Waals surface area (Å²) in [5.41, 5.74) is 4.90. The molecule has 5 rings (SSSR count). The minimum atomic E-state index is -0.586. The number of nitrogens with zero attached hydrogens (tertiary/aromatic N) is 1. The average molecular weight is 414 g/mol. The molecule has 31 heavy (non-hydrogen) atoms. The number of ether oxygens (including phenoxy) is 2. The van der Waals surface area contributed by atoms with Crippen LogP contribution in [0.2, 0.25) is 0 Å². The lowest BCUT2D eigenvalue weighted by molar-refractivity contribution is -0.135. The average Bonchev–Trinajstić information content (AvgIpc) is 3.40. The van der Waals surface area contributed by atoms with Gasteiger partial charge in [0, 0.05) is 46.4 Å². The highest BCUT2D eigenvalue weighted by molar-refractivity contribution is 6.40. The van der Waals surface area contributed by atoms with E-state index >= 15 is 0 Å². The van der Waals surface area contributed by atoms with E-state index in [4.69, 9.17) is 9.47 Å². The van der Waals surface area contributed by atoms with Crippen molar-refractivity contribution < 1.29 is 19.1 Å². The maximum atomic E-state index is 13.1. The highest BCUT2D eigenvalue weighted by Crippen LogP contribution is 2.38. The van der Waals surface area contributed by atoms with Gasteiger partial charge in [-0.05, 0) is 24.5 Å².